The van der Waals surface area contributed by atoms with E-state index < -0.39 is 0 Å². The third-order valence-corrected chi connectivity index (χ3v) is 4.61. The molecule has 0 saturated heterocycles. The second-order valence-electron chi connectivity index (χ2n) is 7.25. The minimum Gasteiger partial charge on any atom is -0.322 e. The topological polar surface area (TPSA) is 53.9 Å². The first-order valence-electron chi connectivity index (χ1n) is 9.46. The molecule has 0 fully saturated rings. The van der Waals surface area contributed by atoms with Gasteiger partial charge >= 0.3 is 0 Å². The van der Waals surface area contributed by atoms with E-state index >= 15 is 0 Å². The van der Waals surface area contributed by atoms with Gasteiger partial charge in [-0.05, 0) is 63.1 Å². The van der Waals surface area contributed by atoms with Gasteiger partial charge in [0.05, 0.1) is 7.05 Å². The lowest BCUT2D eigenvalue weighted by molar-refractivity contribution is -0.862. The van der Waals surface area contributed by atoms with Crippen LogP contribution in [-0.2, 0) is 9.59 Å². The average Bonchev–Trinajstić information content (AvgIpc) is 2.60. The van der Waals surface area contributed by atoms with Gasteiger partial charge in [0, 0.05) is 17.9 Å². The molecule has 0 aliphatic heterocycles. The summed E-state index contributed by atoms with van der Waals surface area (Å²) in [6, 6.07) is 9.90. The number of quaternary nitrogens is 1. The maximum absolute atomic E-state index is 13.1. The summed E-state index contributed by atoms with van der Waals surface area (Å²) >= 11 is 0. The maximum Gasteiger partial charge on any atom is 0.282 e. The first-order chi connectivity index (χ1) is 13.2. The summed E-state index contributed by atoms with van der Waals surface area (Å²) in [5.74, 6) is -0.583. The Morgan fingerprint density at radius 1 is 1.04 bits per heavy atom. The monoisotopic (exact) mass is 386 g/mol. The van der Waals surface area contributed by atoms with E-state index in [-0.39, 0.29) is 30.7 Å². The summed E-state index contributed by atoms with van der Waals surface area (Å²) < 4.78 is 13.1. The van der Waals surface area contributed by atoms with Crippen molar-refractivity contribution < 1.29 is 18.9 Å². The molecule has 0 aliphatic rings. The molecule has 0 saturated carbocycles. The van der Waals surface area contributed by atoms with E-state index in [4.69, 9.17) is 0 Å². The molecule has 6 heteroatoms. The fourth-order valence-corrected chi connectivity index (χ4v) is 3.37. The lowest BCUT2D eigenvalue weighted by Crippen LogP contribution is -3.11. The van der Waals surface area contributed by atoms with E-state index in [2.05, 4.69) is 5.32 Å². The zero-order chi connectivity index (χ0) is 20.8. The van der Waals surface area contributed by atoms with Gasteiger partial charge in [-0.1, -0.05) is 17.7 Å². The largest absolute Gasteiger partial charge is 0.322 e. The number of anilines is 2. The van der Waals surface area contributed by atoms with E-state index in [0.29, 0.717) is 12.2 Å². The number of halogens is 1. The van der Waals surface area contributed by atoms with Crippen molar-refractivity contribution in [1.82, 2.24) is 0 Å². The summed E-state index contributed by atoms with van der Waals surface area (Å²) in [7, 11) is 1.81. The number of nitrogens with zero attached hydrogens (tertiary/aromatic N) is 1. The smallest absolute Gasteiger partial charge is 0.282 e. The lowest BCUT2D eigenvalue weighted by atomic mass is 10.1. The van der Waals surface area contributed by atoms with Gasteiger partial charge in [-0.2, -0.15) is 0 Å². The molecule has 0 spiro atoms. The second kappa shape index (κ2) is 9.46. The zero-order valence-corrected chi connectivity index (χ0v) is 17.2. The number of likely N-dealkylation sites (N-methyl/N-ethyl adjacent to an activating group) is 2. The quantitative estimate of drug-likeness (QED) is 0.767. The Balaban J connectivity index is 1.97. The number of carbonyl (C=O) groups excluding carboxylic acids is 2. The number of amides is 2. The van der Waals surface area contributed by atoms with Crippen LogP contribution in [0.1, 0.15) is 23.6 Å². The number of benzene rings is 2. The molecule has 2 aromatic carbocycles. The lowest BCUT2D eigenvalue weighted by Gasteiger charge is -2.23. The molecule has 0 aromatic heterocycles. The third-order valence-electron chi connectivity index (χ3n) is 4.61. The van der Waals surface area contributed by atoms with Gasteiger partial charge in [0.15, 0.2) is 13.1 Å². The minimum absolute atomic E-state index is 0.109. The van der Waals surface area contributed by atoms with Gasteiger partial charge in [0.25, 0.3) is 11.8 Å². The van der Waals surface area contributed by atoms with Crippen LogP contribution >= 0.6 is 0 Å². The Bertz CT molecular complexity index is 826. The Morgan fingerprint density at radius 3 is 2.14 bits per heavy atom. The fraction of sp³-hybridized carbons (Fsp3) is 0.364. The highest BCUT2D eigenvalue weighted by Crippen LogP contribution is 2.21. The van der Waals surface area contributed by atoms with Gasteiger partial charge in [-0.15, -0.1) is 0 Å². The van der Waals surface area contributed by atoms with Crippen LogP contribution in [0.4, 0.5) is 15.8 Å². The van der Waals surface area contributed by atoms with Crippen LogP contribution in [0.5, 0.6) is 0 Å². The van der Waals surface area contributed by atoms with Crippen molar-refractivity contribution in [3.8, 4) is 0 Å². The van der Waals surface area contributed by atoms with Crippen LogP contribution in [0.2, 0.25) is 0 Å². The molecule has 0 bridgehead atoms. The predicted molar refractivity (Wildman–Crippen MR) is 110 cm³/mol. The number of carbonyl (C=O) groups is 2. The van der Waals surface area contributed by atoms with Crippen molar-refractivity contribution in [1.29, 1.82) is 0 Å². The van der Waals surface area contributed by atoms with Crippen LogP contribution in [0.15, 0.2) is 36.4 Å². The van der Waals surface area contributed by atoms with Crippen LogP contribution in [0.3, 0.4) is 0 Å². The van der Waals surface area contributed by atoms with Crippen LogP contribution in [0, 0.1) is 26.6 Å². The molecule has 5 nitrogen and oxygen atoms in total. The predicted octanol–water partition coefficient (Wildman–Crippen LogP) is 2.26. The van der Waals surface area contributed by atoms with Crippen molar-refractivity contribution in [2.75, 3.05) is 36.9 Å². The van der Waals surface area contributed by atoms with Gasteiger partial charge in [0.2, 0.25) is 0 Å². The molecule has 0 heterocycles. The van der Waals surface area contributed by atoms with Gasteiger partial charge in [-0.3, -0.25) is 9.59 Å². The van der Waals surface area contributed by atoms with E-state index in [1.54, 1.807) is 17.0 Å². The van der Waals surface area contributed by atoms with Crippen molar-refractivity contribution in [3.63, 3.8) is 0 Å². The first kappa shape index (κ1) is 21.6. The van der Waals surface area contributed by atoms with Crippen molar-refractivity contribution in [2.45, 2.75) is 27.7 Å². The molecular weight excluding hydrogens is 357 g/mol. The molecule has 1 atom stereocenters. The van der Waals surface area contributed by atoms with Crippen molar-refractivity contribution >= 4 is 23.2 Å². The van der Waals surface area contributed by atoms with Gasteiger partial charge in [-0.25, -0.2) is 4.39 Å². The normalized spacial score (nSPS) is 11.8. The molecule has 2 amide bonds. The third kappa shape index (κ3) is 5.63. The molecule has 0 radical (unpaired) electrons. The Labute approximate surface area is 166 Å². The molecule has 1 unspecified atom stereocenters. The Hall–Kier alpha value is -2.73. The average molecular weight is 386 g/mol. The molecule has 2 N–H and O–H groups in total. The second-order valence-corrected chi connectivity index (χ2v) is 7.25. The standard InChI is InChI=1S/C22H28FN3O2/c1-6-26(19-9-7-18(23)8-10-19)21(28)14-25(5)13-20(27)24-22-16(3)11-15(2)12-17(22)4/h7-12H,6,13-14H2,1-5H3,(H,24,27)/p+1. The van der Waals surface area contributed by atoms with E-state index in [1.807, 2.05) is 46.9 Å². The summed E-state index contributed by atoms with van der Waals surface area (Å²) in [4.78, 5) is 27.5. The molecule has 2 aromatic rings. The number of nitrogens with one attached hydrogen (secondary N) is 2. The number of hydrogen-bond acceptors (Lipinski definition) is 2. The molecule has 150 valence electrons. The molecule has 0 aliphatic carbocycles. The number of rotatable bonds is 7. The van der Waals surface area contributed by atoms with Crippen LogP contribution < -0.4 is 15.1 Å². The molecule has 2 rings (SSSR count). The summed E-state index contributed by atoms with van der Waals surface area (Å²) in [6.07, 6.45) is 0. The summed E-state index contributed by atoms with van der Waals surface area (Å²) in [6.45, 7) is 8.66. The highest BCUT2D eigenvalue weighted by atomic mass is 19.1. The number of hydrogen-bond donors (Lipinski definition) is 2. The van der Waals surface area contributed by atoms with Crippen LogP contribution in [-0.4, -0.2) is 38.5 Å². The first-order valence-corrected chi connectivity index (χ1v) is 9.46. The molecule has 28 heavy (non-hydrogen) atoms. The Kier molecular flexibility index (Phi) is 7.29. The summed E-state index contributed by atoms with van der Waals surface area (Å²) in [5, 5.41) is 2.96. The van der Waals surface area contributed by atoms with Gasteiger partial charge < -0.3 is 15.1 Å². The van der Waals surface area contributed by atoms with Crippen LogP contribution in [0.25, 0.3) is 0 Å². The molecular formula is C22H29FN3O2+. The van der Waals surface area contributed by atoms with E-state index in [1.165, 1.54) is 12.1 Å². The van der Waals surface area contributed by atoms with E-state index in [0.717, 1.165) is 27.3 Å². The minimum atomic E-state index is -0.339. The zero-order valence-electron chi connectivity index (χ0n) is 17.2. The Morgan fingerprint density at radius 2 is 1.61 bits per heavy atom. The highest BCUT2D eigenvalue weighted by Gasteiger charge is 2.20. The highest BCUT2D eigenvalue weighted by molar-refractivity contribution is 5.95. The van der Waals surface area contributed by atoms with Crippen molar-refractivity contribution in [2.24, 2.45) is 0 Å². The fourth-order valence-electron chi connectivity index (χ4n) is 3.37. The maximum atomic E-state index is 13.1. The number of aryl methyl sites for hydroxylation is 3. The van der Waals surface area contributed by atoms with E-state index in [9.17, 15) is 14.0 Å². The summed E-state index contributed by atoms with van der Waals surface area (Å²) in [5.41, 5.74) is 4.68. The SMILES string of the molecule is CCN(C(=O)C[NH+](C)CC(=O)Nc1c(C)cc(C)cc1C)c1ccc(F)cc1. The van der Waals surface area contributed by atoms with Gasteiger partial charge in [0.1, 0.15) is 5.82 Å². The van der Waals surface area contributed by atoms with Crippen molar-refractivity contribution in [3.05, 3.63) is 58.9 Å².